The number of carbonyl (C=O) groups is 1. The van der Waals surface area contributed by atoms with Gasteiger partial charge in [0.2, 0.25) is 9.04 Å². The first-order valence-corrected chi connectivity index (χ1v) is 16.0. The summed E-state index contributed by atoms with van der Waals surface area (Å²) < 4.78 is 80.3. The molecule has 11 heteroatoms. The summed E-state index contributed by atoms with van der Waals surface area (Å²) in [6.45, 7) is 16.8. The molecule has 1 aromatic carbocycles. The molecule has 0 aliphatic carbocycles. The third-order valence-corrected chi connectivity index (χ3v) is 9.72. The Labute approximate surface area is 215 Å². The Balaban J connectivity index is 2.62. The average molecular weight is 551 g/mol. The van der Waals surface area contributed by atoms with Crippen LogP contribution in [0.5, 0.6) is 0 Å². The lowest BCUT2D eigenvalue weighted by Crippen LogP contribution is -2.53. The summed E-state index contributed by atoms with van der Waals surface area (Å²) in [4.78, 5) is 13.9. The number of hydrogen-bond donors (Lipinski definition) is 0. The first-order valence-electron chi connectivity index (χ1n) is 12.1. The molecule has 1 aliphatic heterocycles. The van der Waals surface area contributed by atoms with E-state index in [1.54, 1.807) is 20.8 Å². The van der Waals surface area contributed by atoms with E-state index < -0.39 is 70.0 Å². The molecule has 0 bridgehead atoms. The Morgan fingerprint density at radius 2 is 1.64 bits per heavy atom. The summed E-state index contributed by atoms with van der Waals surface area (Å²) in [6, 6.07) is 3.50. The van der Waals surface area contributed by atoms with E-state index >= 15 is 0 Å². The maximum Gasteiger partial charge on any atom is 0.417 e. The third-order valence-electron chi connectivity index (χ3n) is 6.80. The van der Waals surface area contributed by atoms with Crippen molar-refractivity contribution in [3.63, 3.8) is 0 Å². The molecule has 0 saturated carbocycles. The van der Waals surface area contributed by atoms with Crippen molar-refractivity contribution in [1.82, 2.24) is 4.90 Å². The van der Waals surface area contributed by atoms with Crippen LogP contribution in [0.25, 0.3) is 0 Å². The van der Waals surface area contributed by atoms with Gasteiger partial charge >= 0.3 is 12.3 Å². The smallest absolute Gasteiger partial charge is 0.417 e. The minimum atomic E-state index is -4.83. The molecule has 0 aromatic heterocycles. The molecule has 205 valence electrons. The first kappa shape index (κ1) is 30.6. The molecule has 6 nitrogen and oxygen atoms in total. The SMILES string of the molecule is CC(C)C(C)(C)C(O[Si](C)C)[C@H]1C[C@H](S(=O)(=O)c2ccccc2C(F)(F)F)CN1C(=O)OC(C)(C)C. The van der Waals surface area contributed by atoms with Crippen LogP contribution < -0.4 is 0 Å². The summed E-state index contributed by atoms with van der Waals surface area (Å²) in [6.07, 6.45) is -6.13. The van der Waals surface area contributed by atoms with Crippen LogP contribution in [0.4, 0.5) is 18.0 Å². The van der Waals surface area contributed by atoms with Crippen molar-refractivity contribution in [2.24, 2.45) is 11.3 Å². The number of amides is 1. The van der Waals surface area contributed by atoms with Gasteiger partial charge in [0, 0.05) is 6.54 Å². The Bertz CT molecular complexity index is 1030. The molecule has 1 fully saturated rings. The zero-order chi connectivity index (χ0) is 27.9. The predicted molar refractivity (Wildman–Crippen MR) is 135 cm³/mol. The van der Waals surface area contributed by atoms with Crippen LogP contribution in [0.15, 0.2) is 29.2 Å². The van der Waals surface area contributed by atoms with Gasteiger partial charge in [0.05, 0.1) is 27.9 Å². The lowest BCUT2D eigenvalue weighted by Gasteiger charge is -2.44. The number of rotatable bonds is 7. The Kier molecular flexibility index (Phi) is 9.06. The number of carbonyl (C=O) groups excluding carboxylic acids is 1. The number of alkyl halides is 3. The second kappa shape index (κ2) is 10.6. The molecule has 2 rings (SSSR count). The van der Waals surface area contributed by atoms with Gasteiger partial charge in [-0.1, -0.05) is 39.8 Å². The van der Waals surface area contributed by atoms with E-state index in [1.165, 1.54) is 11.0 Å². The highest BCUT2D eigenvalue weighted by atomic mass is 32.2. The lowest BCUT2D eigenvalue weighted by atomic mass is 9.73. The van der Waals surface area contributed by atoms with Gasteiger partial charge in [-0.2, -0.15) is 13.2 Å². The van der Waals surface area contributed by atoms with E-state index in [0.717, 1.165) is 18.2 Å². The number of hydrogen-bond acceptors (Lipinski definition) is 5. The van der Waals surface area contributed by atoms with E-state index in [-0.39, 0.29) is 18.9 Å². The minimum Gasteiger partial charge on any atom is -0.444 e. The summed E-state index contributed by atoms with van der Waals surface area (Å²) in [7, 11) is -5.72. The van der Waals surface area contributed by atoms with E-state index in [1.807, 2.05) is 40.8 Å². The summed E-state index contributed by atoms with van der Waals surface area (Å²) in [5, 5.41) is -1.24. The van der Waals surface area contributed by atoms with Crippen LogP contribution in [0.2, 0.25) is 13.1 Å². The number of nitrogens with zero attached hydrogens (tertiary/aromatic N) is 1. The monoisotopic (exact) mass is 550 g/mol. The second-order valence-electron chi connectivity index (χ2n) is 11.5. The van der Waals surface area contributed by atoms with Crippen molar-refractivity contribution in [1.29, 1.82) is 0 Å². The van der Waals surface area contributed by atoms with Crippen molar-refractivity contribution in [2.45, 2.75) is 102 Å². The third kappa shape index (κ3) is 6.83. The van der Waals surface area contributed by atoms with E-state index in [4.69, 9.17) is 9.16 Å². The van der Waals surface area contributed by atoms with Gasteiger partial charge in [-0.25, -0.2) is 13.2 Å². The van der Waals surface area contributed by atoms with E-state index in [2.05, 4.69) is 0 Å². The number of halogens is 3. The predicted octanol–water partition coefficient (Wildman–Crippen LogP) is 6.18. The molecule has 0 N–H and O–H groups in total. The van der Waals surface area contributed by atoms with E-state index in [9.17, 15) is 26.4 Å². The van der Waals surface area contributed by atoms with Crippen LogP contribution >= 0.6 is 0 Å². The Morgan fingerprint density at radius 3 is 2.11 bits per heavy atom. The van der Waals surface area contributed by atoms with Gasteiger partial charge in [0.15, 0.2) is 9.84 Å². The molecule has 3 atom stereocenters. The fourth-order valence-electron chi connectivity index (χ4n) is 4.31. The lowest BCUT2D eigenvalue weighted by molar-refractivity contribution is -0.139. The summed E-state index contributed by atoms with van der Waals surface area (Å²) >= 11 is 0. The normalized spacial score (nSPS) is 20.8. The topological polar surface area (TPSA) is 72.9 Å². The fourth-order valence-corrected chi connectivity index (χ4v) is 7.20. The maximum absolute atomic E-state index is 13.7. The van der Waals surface area contributed by atoms with Gasteiger partial charge in [0.25, 0.3) is 0 Å². The quantitative estimate of drug-likeness (QED) is 0.379. The standard InChI is InChI=1S/C25H39F3NO5SSi/c1-16(2)24(6,7)21(34-36(8)9)19-14-17(15-29(19)22(30)33-23(3,4)5)35(31,32)20-13-11-10-12-18(20)25(26,27)28/h10-13,16-17,19,21H,14-15H2,1-9H3/t17-,19+,21?/m0/s1. The van der Waals surface area contributed by atoms with Gasteiger partial charge in [-0.05, 0) is 63.8 Å². The molecule has 1 unspecified atom stereocenters. The highest BCUT2D eigenvalue weighted by molar-refractivity contribution is 7.92. The fraction of sp³-hybridized carbons (Fsp3) is 0.720. The van der Waals surface area contributed by atoms with Crippen LogP contribution in [-0.2, 0) is 25.2 Å². The van der Waals surface area contributed by atoms with Crippen molar-refractivity contribution < 1.29 is 35.5 Å². The van der Waals surface area contributed by atoms with Gasteiger partial charge in [-0.3, -0.25) is 0 Å². The minimum absolute atomic E-state index is 0.0519. The molecule has 1 saturated heterocycles. The Hall–Kier alpha value is -1.59. The first-order chi connectivity index (χ1) is 16.2. The maximum atomic E-state index is 13.7. The summed E-state index contributed by atoms with van der Waals surface area (Å²) in [5.41, 5.74) is -2.51. The van der Waals surface area contributed by atoms with Crippen molar-refractivity contribution in [3.05, 3.63) is 29.8 Å². The van der Waals surface area contributed by atoms with Gasteiger partial charge < -0.3 is 14.1 Å². The highest BCUT2D eigenvalue weighted by Crippen LogP contribution is 2.43. The van der Waals surface area contributed by atoms with Gasteiger partial charge in [0.1, 0.15) is 5.60 Å². The molecule has 1 amide bonds. The van der Waals surface area contributed by atoms with E-state index in [0.29, 0.717) is 0 Å². The average Bonchev–Trinajstić information content (AvgIpc) is 3.16. The van der Waals surface area contributed by atoms with Crippen molar-refractivity contribution >= 4 is 25.0 Å². The molecule has 1 aliphatic rings. The molecular weight excluding hydrogens is 511 g/mol. The zero-order valence-electron chi connectivity index (χ0n) is 22.6. The molecule has 0 spiro atoms. The van der Waals surface area contributed by atoms with Crippen LogP contribution in [0, 0.1) is 11.3 Å². The summed E-state index contributed by atoms with van der Waals surface area (Å²) in [5.74, 6) is 0.117. The largest absolute Gasteiger partial charge is 0.444 e. The molecule has 1 aromatic rings. The van der Waals surface area contributed by atoms with Crippen LogP contribution in [-0.4, -0.2) is 58.0 Å². The second-order valence-corrected chi connectivity index (χ2v) is 15.8. The van der Waals surface area contributed by atoms with Crippen LogP contribution in [0.1, 0.15) is 60.5 Å². The number of ether oxygens (including phenoxy) is 1. The highest BCUT2D eigenvalue weighted by Gasteiger charge is 2.52. The number of likely N-dealkylation sites (tertiary alicyclic amines) is 1. The number of sulfone groups is 1. The van der Waals surface area contributed by atoms with Crippen molar-refractivity contribution in [3.8, 4) is 0 Å². The molecule has 36 heavy (non-hydrogen) atoms. The van der Waals surface area contributed by atoms with Crippen LogP contribution in [0.3, 0.4) is 0 Å². The van der Waals surface area contributed by atoms with Gasteiger partial charge in [-0.15, -0.1) is 0 Å². The molecule has 1 heterocycles. The zero-order valence-corrected chi connectivity index (χ0v) is 24.4. The Morgan fingerprint density at radius 1 is 1.08 bits per heavy atom. The number of benzene rings is 1. The van der Waals surface area contributed by atoms with Crippen molar-refractivity contribution in [2.75, 3.05) is 6.54 Å². The molecule has 1 radical (unpaired) electrons. The molecular formula is C25H39F3NO5SSi.